The molecule has 1 aromatic heterocycles. The van der Waals surface area contributed by atoms with Crippen LogP contribution in [0.2, 0.25) is 0 Å². The highest BCUT2D eigenvalue weighted by atomic mass is 32.1. The van der Waals surface area contributed by atoms with Crippen LogP contribution in [0.5, 0.6) is 5.75 Å². The standard InChI is InChI=1S/C18H17NO3S/c1-18(2)10-22-15(19-18)8-11-3-4-14-13(7-11)16(20)17-12(9-21-14)5-6-23-17/h3-7H,8-10H2,1-2H3. The second-order valence-corrected chi connectivity index (χ2v) is 7.42. The Kier molecular flexibility index (Phi) is 3.27. The Bertz CT molecular complexity index is 819. The highest BCUT2D eigenvalue weighted by Crippen LogP contribution is 2.32. The minimum absolute atomic E-state index is 0.0407. The average Bonchev–Trinajstić information content (AvgIpc) is 3.08. The molecule has 3 heterocycles. The number of benzene rings is 1. The molecule has 2 aromatic rings. The molecule has 0 radical (unpaired) electrons. The van der Waals surface area contributed by atoms with Crippen LogP contribution < -0.4 is 4.74 Å². The second kappa shape index (κ2) is 5.20. The minimum atomic E-state index is -0.161. The maximum Gasteiger partial charge on any atom is 0.207 e. The van der Waals surface area contributed by atoms with Gasteiger partial charge in [0.2, 0.25) is 5.78 Å². The van der Waals surface area contributed by atoms with Crippen molar-refractivity contribution in [1.29, 1.82) is 0 Å². The molecule has 118 valence electrons. The van der Waals surface area contributed by atoms with Crippen molar-refractivity contribution < 1.29 is 14.3 Å². The Morgan fingerprint density at radius 2 is 2.13 bits per heavy atom. The number of rotatable bonds is 2. The number of nitrogens with zero attached hydrogens (tertiary/aromatic N) is 1. The Labute approximate surface area is 138 Å². The van der Waals surface area contributed by atoms with E-state index in [4.69, 9.17) is 9.47 Å². The molecule has 23 heavy (non-hydrogen) atoms. The van der Waals surface area contributed by atoms with Crippen LogP contribution in [-0.4, -0.2) is 23.8 Å². The quantitative estimate of drug-likeness (QED) is 0.846. The SMILES string of the molecule is CC1(C)COC(Cc2ccc3c(c2)C(=O)c2sccc2CO3)=N1. The van der Waals surface area contributed by atoms with Gasteiger partial charge in [0.1, 0.15) is 19.0 Å². The number of hydrogen-bond acceptors (Lipinski definition) is 5. The van der Waals surface area contributed by atoms with E-state index in [0.29, 0.717) is 30.9 Å². The first-order valence-corrected chi connectivity index (χ1v) is 8.48. The maximum atomic E-state index is 12.8. The topological polar surface area (TPSA) is 47.9 Å². The fourth-order valence-electron chi connectivity index (χ4n) is 2.84. The van der Waals surface area contributed by atoms with Crippen LogP contribution in [0.4, 0.5) is 0 Å². The molecular weight excluding hydrogens is 310 g/mol. The number of carbonyl (C=O) groups excluding carboxylic acids is 1. The number of ketones is 1. The lowest BCUT2D eigenvalue weighted by Crippen LogP contribution is -2.17. The summed E-state index contributed by atoms with van der Waals surface area (Å²) in [5.41, 5.74) is 2.44. The van der Waals surface area contributed by atoms with Gasteiger partial charge in [0, 0.05) is 12.0 Å². The summed E-state index contributed by atoms with van der Waals surface area (Å²) in [6.07, 6.45) is 0.598. The Morgan fingerprint density at radius 3 is 2.91 bits per heavy atom. The molecule has 0 saturated carbocycles. The zero-order valence-electron chi connectivity index (χ0n) is 13.1. The zero-order chi connectivity index (χ0) is 16.0. The molecule has 0 atom stereocenters. The molecular formula is C18H17NO3S. The molecule has 0 fully saturated rings. The van der Waals surface area contributed by atoms with Gasteiger partial charge < -0.3 is 9.47 Å². The molecule has 0 unspecified atom stereocenters. The second-order valence-electron chi connectivity index (χ2n) is 6.51. The predicted molar refractivity (Wildman–Crippen MR) is 89.7 cm³/mol. The molecule has 0 aliphatic carbocycles. The Balaban J connectivity index is 1.67. The third-order valence-electron chi connectivity index (χ3n) is 4.00. The first-order chi connectivity index (χ1) is 11.0. The van der Waals surface area contributed by atoms with Crippen molar-refractivity contribution in [2.45, 2.75) is 32.4 Å². The number of carbonyl (C=O) groups is 1. The summed E-state index contributed by atoms with van der Waals surface area (Å²) >= 11 is 1.47. The summed E-state index contributed by atoms with van der Waals surface area (Å²) in [7, 11) is 0. The van der Waals surface area contributed by atoms with Gasteiger partial charge in [-0.25, -0.2) is 4.99 Å². The van der Waals surface area contributed by atoms with Gasteiger partial charge in [-0.2, -0.15) is 0 Å². The first-order valence-electron chi connectivity index (χ1n) is 7.60. The predicted octanol–water partition coefficient (Wildman–Crippen LogP) is 3.62. The van der Waals surface area contributed by atoms with E-state index in [1.807, 2.05) is 43.5 Å². The molecule has 4 nitrogen and oxygen atoms in total. The molecule has 0 bridgehead atoms. The van der Waals surface area contributed by atoms with Crippen molar-refractivity contribution in [1.82, 2.24) is 0 Å². The van der Waals surface area contributed by atoms with Crippen LogP contribution in [0.1, 0.15) is 40.2 Å². The molecule has 5 heteroatoms. The van der Waals surface area contributed by atoms with Crippen molar-refractivity contribution in [3.63, 3.8) is 0 Å². The van der Waals surface area contributed by atoms with E-state index in [1.54, 1.807) is 0 Å². The molecule has 0 spiro atoms. The Hall–Kier alpha value is -2.14. The van der Waals surface area contributed by atoms with E-state index in [9.17, 15) is 4.79 Å². The zero-order valence-corrected chi connectivity index (χ0v) is 13.9. The fraction of sp³-hybridized carbons (Fsp3) is 0.333. The van der Waals surface area contributed by atoms with Gasteiger partial charge in [-0.3, -0.25) is 4.79 Å². The number of fused-ring (bicyclic) bond motifs is 2. The van der Waals surface area contributed by atoms with Gasteiger partial charge in [-0.1, -0.05) is 6.07 Å². The normalized spacial score (nSPS) is 18.3. The van der Waals surface area contributed by atoms with E-state index in [-0.39, 0.29) is 11.3 Å². The summed E-state index contributed by atoms with van der Waals surface area (Å²) in [6, 6.07) is 7.71. The number of aliphatic imine (C=N–C) groups is 1. The van der Waals surface area contributed by atoms with E-state index in [0.717, 1.165) is 21.9 Å². The van der Waals surface area contributed by atoms with E-state index < -0.39 is 0 Å². The average molecular weight is 327 g/mol. The molecule has 0 saturated heterocycles. The van der Waals surface area contributed by atoms with Crippen molar-refractivity contribution >= 4 is 23.0 Å². The summed E-state index contributed by atoms with van der Waals surface area (Å²) in [6.45, 7) is 5.15. The molecule has 0 amide bonds. The third-order valence-corrected chi connectivity index (χ3v) is 4.95. The maximum absolute atomic E-state index is 12.8. The molecule has 0 N–H and O–H groups in total. The van der Waals surface area contributed by atoms with Crippen molar-refractivity contribution in [2.75, 3.05) is 6.61 Å². The largest absolute Gasteiger partial charge is 0.488 e. The lowest BCUT2D eigenvalue weighted by molar-refractivity contribution is 0.104. The van der Waals surface area contributed by atoms with Gasteiger partial charge in [0.15, 0.2) is 5.90 Å². The van der Waals surface area contributed by atoms with E-state index in [2.05, 4.69) is 4.99 Å². The van der Waals surface area contributed by atoms with Gasteiger partial charge in [0.25, 0.3) is 0 Å². The highest BCUT2D eigenvalue weighted by Gasteiger charge is 2.27. The summed E-state index contributed by atoms with van der Waals surface area (Å²) < 4.78 is 11.4. The smallest absolute Gasteiger partial charge is 0.207 e. The summed E-state index contributed by atoms with van der Waals surface area (Å²) in [4.78, 5) is 18.1. The van der Waals surface area contributed by atoms with Crippen molar-refractivity contribution in [2.24, 2.45) is 4.99 Å². The van der Waals surface area contributed by atoms with E-state index >= 15 is 0 Å². The summed E-state index contributed by atoms with van der Waals surface area (Å²) in [5.74, 6) is 1.42. The van der Waals surface area contributed by atoms with Gasteiger partial charge in [-0.15, -0.1) is 11.3 Å². The monoisotopic (exact) mass is 327 g/mol. The third kappa shape index (κ3) is 2.65. The highest BCUT2D eigenvalue weighted by molar-refractivity contribution is 7.12. The van der Waals surface area contributed by atoms with Gasteiger partial charge >= 0.3 is 0 Å². The molecule has 4 rings (SSSR count). The number of ether oxygens (including phenoxy) is 2. The van der Waals surface area contributed by atoms with Crippen LogP contribution in [0.3, 0.4) is 0 Å². The van der Waals surface area contributed by atoms with Crippen molar-refractivity contribution in [3.8, 4) is 5.75 Å². The van der Waals surface area contributed by atoms with Crippen LogP contribution in [0, 0.1) is 0 Å². The Morgan fingerprint density at radius 1 is 1.26 bits per heavy atom. The molecule has 2 aliphatic rings. The lowest BCUT2D eigenvalue weighted by atomic mass is 10.0. The molecule has 1 aromatic carbocycles. The number of hydrogen-bond donors (Lipinski definition) is 0. The van der Waals surface area contributed by atoms with E-state index in [1.165, 1.54) is 11.3 Å². The number of thiophene rings is 1. The fourth-order valence-corrected chi connectivity index (χ4v) is 3.71. The molecule has 2 aliphatic heterocycles. The minimum Gasteiger partial charge on any atom is -0.488 e. The van der Waals surface area contributed by atoms with Gasteiger partial charge in [-0.05, 0) is 43.0 Å². The van der Waals surface area contributed by atoms with Crippen LogP contribution in [0.25, 0.3) is 0 Å². The van der Waals surface area contributed by atoms with Crippen LogP contribution in [-0.2, 0) is 17.8 Å². The summed E-state index contributed by atoms with van der Waals surface area (Å²) in [5, 5.41) is 1.93. The van der Waals surface area contributed by atoms with Crippen LogP contribution >= 0.6 is 11.3 Å². The first kappa shape index (κ1) is 14.5. The van der Waals surface area contributed by atoms with Gasteiger partial charge in [0.05, 0.1) is 16.0 Å². The lowest BCUT2D eigenvalue weighted by Gasteiger charge is -2.08. The van der Waals surface area contributed by atoms with Crippen molar-refractivity contribution in [3.05, 3.63) is 51.2 Å². The van der Waals surface area contributed by atoms with Crippen LogP contribution in [0.15, 0.2) is 34.6 Å².